The highest BCUT2D eigenvalue weighted by Crippen LogP contribution is 2.04. The number of hydrogen-bond acceptors (Lipinski definition) is 4. The molecule has 0 saturated heterocycles. The summed E-state index contributed by atoms with van der Waals surface area (Å²) in [5.74, 6) is -0.241. The maximum atomic E-state index is 11.6. The second kappa shape index (κ2) is 3.99. The molecule has 1 heterocycles. The molecule has 0 amide bonds. The zero-order valence-corrected chi connectivity index (χ0v) is 9.25. The number of sulfonamides is 1. The van der Waals surface area contributed by atoms with Crippen LogP contribution in [0.4, 0.5) is 0 Å². The van der Waals surface area contributed by atoms with Gasteiger partial charge in [-0.25, -0.2) is 13.4 Å². The molecule has 8 heteroatoms. The molecule has 0 aliphatic heterocycles. The minimum absolute atomic E-state index is 0.0851. The van der Waals surface area contributed by atoms with E-state index in [2.05, 4.69) is 9.71 Å². The summed E-state index contributed by atoms with van der Waals surface area (Å²) >= 11 is 0. The van der Waals surface area contributed by atoms with Gasteiger partial charge in [0.15, 0.2) is 5.03 Å². The molecule has 0 bridgehead atoms. The van der Waals surface area contributed by atoms with Crippen molar-refractivity contribution in [3.63, 3.8) is 0 Å². The van der Waals surface area contributed by atoms with Gasteiger partial charge in [-0.1, -0.05) is 0 Å². The fourth-order valence-corrected chi connectivity index (χ4v) is 2.09. The van der Waals surface area contributed by atoms with Gasteiger partial charge < -0.3 is 10.3 Å². The standard InChI is InChI=1S/C7H13N5O2S/c1-5(7(8)9)11-15(13,14)6-3-12(2)4-10-6/h3-5,11H,1-2H3,(H3,8,9). The van der Waals surface area contributed by atoms with Crippen LogP contribution in [0.3, 0.4) is 0 Å². The maximum absolute atomic E-state index is 11.6. The summed E-state index contributed by atoms with van der Waals surface area (Å²) in [6.45, 7) is 1.49. The van der Waals surface area contributed by atoms with E-state index in [1.165, 1.54) is 24.0 Å². The molecule has 1 aromatic rings. The van der Waals surface area contributed by atoms with E-state index in [9.17, 15) is 8.42 Å². The Kier molecular flexibility index (Phi) is 3.10. The van der Waals surface area contributed by atoms with Gasteiger partial charge in [-0.2, -0.15) is 4.72 Å². The van der Waals surface area contributed by atoms with E-state index >= 15 is 0 Å². The van der Waals surface area contributed by atoms with Crippen molar-refractivity contribution in [2.24, 2.45) is 12.8 Å². The first-order valence-electron chi connectivity index (χ1n) is 4.17. The van der Waals surface area contributed by atoms with Crippen molar-refractivity contribution in [2.75, 3.05) is 0 Å². The number of aromatic nitrogens is 2. The lowest BCUT2D eigenvalue weighted by molar-refractivity contribution is 0.574. The fourth-order valence-electron chi connectivity index (χ4n) is 0.884. The van der Waals surface area contributed by atoms with Gasteiger partial charge in [-0.15, -0.1) is 0 Å². The van der Waals surface area contributed by atoms with E-state index < -0.39 is 16.1 Å². The summed E-state index contributed by atoms with van der Waals surface area (Å²) in [4.78, 5) is 3.70. The normalized spacial score (nSPS) is 13.7. The average molecular weight is 231 g/mol. The highest BCUT2D eigenvalue weighted by Gasteiger charge is 2.20. The predicted molar refractivity (Wildman–Crippen MR) is 54.9 cm³/mol. The van der Waals surface area contributed by atoms with Gasteiger partial charge in [0.25, 0.3) is 10.0 Å². The molecule has 1 rings (SSSR count). The molecule has 1 unspecified atom stereocenters. The number of amidine groups is 1. The molecule has 84 valence electrons. The van der Waals surface area contributed by atoms with E-state index in [0.717, 1.165) is 0 Å². The number of aryl methyl sites for hydroxylation is 1. The fraction of sp³-hybridized carbons (Fsp3) is 0.429. The first-order chi connectivity index (χ1) is 6.83. The van der Waals surface area contributed by atoms with Crippen LogP contribution in [0.2, 0.25) is 0 Å². The molecule has 0 saturated carbocycles. The van der Waals surface area contributed by atoms with Crippen LogP contribution in [0.25, 0.3) is 0 Å². The van der Waals surface area contributed by atoms with Crippen LogP contribution in [-0.2, 0) is 17.1 Å². The van der Waals surface area contributed by atoms with Crippen LogP contribution in [0, 0.1) is 5.41 Å². The zero-order chi connectivity index (χ0) is 11.6. The Labute approximate surface area is 87.9 Å². The Morgan fingerprint density at radius 1 is 1.73 bits per heavy atom. The molecule has 1 aromatic heterocycles. The van der Waals surface area contributed by atoms with Gasteiger partial charge in [-0.3, -0.25) is 5.41 Å². The van der Waals surface area contributed by atoms with Crippen LogP contribution >= 0.6 is 0 Å². The smallest absolute Gasteiger partial charge is 0.260 e. The van der Waals surface area contributed by atoms with Crippen molar-refractivity contribution >= 4 is 15.9 Å². The summed E-state index contributed by atoms with van der Waals surface area (Å²) in [7, 11) is -2.02. The van der Waals surface area contributed by atoms with Gasteiger partial charge >= 0.3 is 0 Å². The highest BCUT2D eigenvalue weighted by atomic mass is 32.2. The van der Waals surface area contributed by atoms with Crippen LogP contribution in [0.5, 0.6) is 0 Å². The summed E-state index contributed by atoms with van der Waals surface area (Å²) in [6, 6.07) is -0.739. The molecule has 0 spiro atoms. The number of nitrogens with one attached hydrogen (secondary N) is 2. The number of imidazole rings is 1. The first-order valence-corrected chi connectivity index (χ1v) is 5.65. The van der Waals surface area contributed by atoms with E-state index in [-0.39, 0.29) is 10.9 Å². The third-order valence-electron chi connectivity index (χ3n) is 1.75. The summed E-state index contributed by atoms with van der Waals surface area (Å²) in [5.41, 5.74) is 5.16. The molecular formula is C7H13N5O2S. The highest BCUT2D eigenvalue weighted by molar-refractivity contribution is 7.89. The summed E-state index contributed by atoms with van der Waals surface area (Å²) < 4.78 is 27.0. The quantitative estimate of drug-likeness (QED) is 0.456. The van der Waals surface area contributed by atoms with Crippen LogP contribution in [-0.4, -0.2) is 29.8 Å². The van der Waals surface area contributed by atoms with Gasteiger partial charge in [0, 0.05) is 13.2 Å². The molecular weight excluding hydrogens is 218 g/mol. The Morgan fingerprint density at radius 2 is 2.33 bits per heavy atom. The maximum Gasteiger partial charge on any atom is 0.260 e. The van der Waals surface area contributed by atoms with Crippen molar-refractivity contribution in [3.8, 4) is 0 Å². The van der Waals surface area contributed by atoms with Crippen molar-refractivity contribution in [2.45, 2.75) is 18.0 Å². The molecule has 0 aliphatic carbocycles. The topological polar surface area (TPSA) is 114 Å². The summed E-state index contributed by atoms with van der Waals surface area (Å²) in [6.07, 6.45) is 2.75. The second-order valence-electron chi connectivity index (χ2n) is 3.18. The molecule has 1 atom stereocenters. The minimum Gasteiger partial charge on any atom is -0.386 e. The van der Waals surface area contributed by atoms with Crippen molar-refractivity contribution in [1.29, 1.82) is 5.41 Å². The van der Waals surface area contributed by atoms with E-state index in [4.69, 9.17) is 11.1 Å². The second-order valence-corrected chi connectivity index (χ2v) is 4.84. The van der Waals surface area contributed by atoms with Gasteiger partial charge in [-0.05, 0) is 6.92 Å². The Hall–Kier alpha value is -1.41. The molecule has 7 nitrogen and oxygen atoms in total. The first kappa shape index (κ1) is 11.7. The Morgan fingerprint density at radius 3 is 2.73 bits per heavy atom. The average Bonchev–Trinajstić information content (AvgIpc) is 2.51. The molecule has 0 radical (unpaired) electrons. The van der Waals surface area contributed by atoms with Gasteiger partial charge in [0.05, 0.1) is 12.4 Å². The lowest BCUT2D eigenvalue weighted by Gasteiger charge is -2.10. The van der Waals surface area contributed by atoms with E-state index in [1.54, 1.807) is 7.05 Å². The molecule has 4 N–H and O–H groups in total. The largest absolute Gasteiger partial charge is 0.386 e. The van der Waals surface area contributed by atoms with Crippen molar-refractivity contribution in [3.05, 3.63) is 12.5 Å². The number of rotatable bonds is 4. The van der Waals surface area contributed by atoms with E-state index in [1.807, 2.05) is 0 Å². The van der Waals surface area contributed by atoms with Gasteiger partial charge in [0.2, 0.25) is 0 Å². The molecule has 0 aliphatic rings. The molecule has 15 heavy (non-hydrogen) atoms. The monoisotopic (exact) mass is 231 g/mol. The zero-order valence-electron chi connectivity index (χ0n) is 8.43. The molecule has 0 fully saturated rings. The number of nitrogens with two attached hydrogens (primary N) is 1. The van der Waals surface area contributed by atoms with Crippen molar-refractivity contribution < 1.29 is 8.42 Å². The lowest BCUT2D eigenvalue weighted by atomic mass is 10.3. The van der Waals surface area contributed by atoms with Crippen LogP contribution in [0.1, 0.15) is 6.92 Å². The van der Waals surface area contributed by atoms with Crippen molar-refractivity contribution in [1.82, 2.24) is 14.3 Å². The lowest BCUT2D eigenvalue weighted by Crippen LogP contribution is -2.41. The third kappa shape index (κ3) is 2.77. The van der Waals surface area contributed by atoms with Crippen LogP contribution < -0.4 is 10.5 Å². The Bertz CT molecular complexity index is 463. The molecule has 0 aromatic carbocycles. The van der Waals surface area contributed by atoms with Crippen LogP contribution in [0.15, 0.2) is 17.6 Å². The Balaban J connectivity index is 2.90. The predicted octanol–water partition coefficient (Wildman–Crippen LogP) is -0.977. The SMILES string of the molecule is CC(NS(=O)(=O)c1cn(C)cn1)C(=N)N. The van der Waals surface area contributed by atoms with E-state index in [0.29, 0.717) is 0 Å². The summed E-state index contributed by atoms with van der Waals surface area (Å²) in [5, 5.41) is 6.99. The number of hydrogen-bond donors (Lipinski definition) is 3. The number of nitrogens with zero attached hydrogens (tertiary/aromatic N) is 2. The van der Waals surface area contributed by atoms with Gasteiger partial charge in [0.1, 0.15) is 5.84 Å². The third-order valence-corrected chi connectivity index (χ3v) is 3.18. The minimum atomic E-state index is -3.69.